The first-order chi connectivity index (χ1) is 19.6. The lowest BCUT2D eigenvalue weighted by molar-refractivity contribution is 0.122. The van der Waals surface area contributed by atoms with E-state index in [1.807, 2.05) is 48.5 Å². The molecule has 5 rings (SSSR count). The van der Waals surface area contributed by atoms with Crippen LogP contribution in [0.25, 0.3) is 22.2 Å². The number of rotatable bonds is 12. The number of fused-ring (bicyclic) bond motifs is 1. The van der Waals surface area contributed by atoms with Gasteiger partial charge in [-0.15, -0.1) is 0 Å². The molecular weight excluding hydrogens is 504 g/mol. The van der Waals surface area contributed by atoms with Crippen LogP contribution in [0.5, 0.6) is 5.75 Å². The Balaban J connectivity index is 1.23. The molecule has 40 heavy (non-hydrogen) atoms. The Morgan fingerprint density at radius 1 is 1.10 bits per heavy atom. The molecule has 1 fully saturated rings. The van der Waals surface area contributed by atoms with Gasteiger partial charge >= 0.3 is 6.09 Å². The first-order valence-electron chi connectivity index (χ1n) is 14.1. The zero-order valence-corrected chi connectivity index (χ0v) is 23.3. The average Bonchev–Trinajstić information content (AvgIpc) is 3.35. The van der Waals surface area contributed by atoms with Crippen molar-refractivity contribution in [2.75, 3.05) is 38.5 Å². The van der Waals surface area contributed by atoms with Crippen molar-refractivity contribution in [1.29, 1.82) is 0 Å². The highest BCUT2D eigenvalue weighted by atomic mass is 16.5. The third kappa shape index (κ3) is 6.37. The molecule has 0 aliphatic heterocycles. The second-order valence-corrected chi connectivity index (χ2v) is 10.2. The molecule has 9 heteroatoms. The lowest BCUT2D eigenvalue weighted by Gasteiger charge is -2.36. The number of nitrogen functional groups attached to an aromatic ring is 1. The molecular formula is C31H38N6O3. The molecule has 0 bridgehead atoms. The van der Waals surface area contributed by atoms with Crippen molar-refractivity contribution in [3.05, 3.63) is 72.7 Å². The van der Waals surface area contributed by atoms with E-state index in [1.54, 1.807) is 0 Å². The molecule has 2 aromatic carbocycles. The summed E-state index contributed by atoms with van der Waals surface area (Å²) in [6.45, 7) is 8.36. The van der Waals surface area contributed by atoms with Gasteiger partial charge in [0.15, 0.2) is 0 Å². The number of likely N-dealkylation sites (N-methyl/N-ethyl adjacent to an activating group) is 1. The fourth-order valence-corrected chi connectivity index (χ4v) is 5.28. The van der Waals surface area contributed by atoms with Crippen molar-refractivity contribution in [1.82, 2.24) is 24.8 Å². The molecule has 9 nitrogen and oxygen atoms in total. The Labute approximate surface area is 235 Å². The van der Waals surface area contributed by atoms with E-state index in [4.69, 9.17) is 15.2 Å². The summed E-state index contributed by atoms with van der Waals surface area (Å²) in [7, 11) is 0. The largest absolute Gasteiger partial charge is 0.489 e. The first-order valence-corrected chi connectivity index (χ1v) is 14.1. The fourth-order valence-electron chi connectivity index (χ4n) is 5.28. The summed E-state index contributed by atoms with van der Waals surface area (Å²) in [5, 5.41) is 3.77. The number of ether oxygens (including phenoxy) is 2. The second-order valence-electron chi connectivity index (χ2n) is 10.2. The van der Waals surface area contributed by atoms with Crippen molar-refractivity contribution in [2.24, 2.45) is 5.92 Å². The lowest BCUT2D eigenvalue weighted by atomic mass is 9.80. The zero-order chi connectivity index (χ0) is 27.9. The number of carbonyl (C=O) groups excluding carboxylic acids is 1. The summed E-state index contributed by atoms with van der Waals surface area (Å²) < 4.78 is 13.6. The number of benzene rings is 2. The van der Waals surface area contributed by atoms with Crippen LogP contribution < -0.4 is 15.8 Å². The van der Waals surface area contributed by atoms with Crippen molar-refractivity contribution >= 4 is 22.9 Å². The second kappa shape index (κ2) is 12.8. The number of nitrogens with one attached hydrogen (secondary N) is 1. The van der Waals surface area contributed by atoms with E-state index < -0.39 is 0 Å². The Morgan fingerprint density at radius 3 is 2.67 bits per heavy atom. The van der Waals surface area contributed by atoms with Gasteiger partial charge in [0.05, 0.1) is 5.39 Å². The Hall–Kier alpha value is -4.11. The number of hydrogen-bond donors (Lipinski definition) is 2. The first kappa shape index (κ1) is 27.5. The standard InChI is InChI=1S/C31H38N6O3/c1-3-36(4-2)13-14-39-31(38)33-18-23-15-25(16-23)37-19-27(28-29(32)34-21-35-30(28)37)24-11-8-12-26(17-24)40-20-22-9-6-5-7-10-22/h5-12,17,19,21,23,25H,3-4,13-16,18,20H2,1-2H3,(H,33,38)(H2,32,34,35). The quantitative estimate of drug-likeness (QED) is 0.251. The van der Waals surface area contributed by atoms with E-state index in [1.165, 1.54) is 6.33 Å². The summed E-state index contributed by atoms with van der Waals surface area (Å²) in [6, 6.07) is 18.4. The number of alkyl carbamates (subject to hydrolysis) is 1. The number of aromatic nitrogens is 3. The van der Waals surface area contributed by atoms with Crippen LogP contribution in [0.4, 0.5) is 10.6 Å². The minimum Gasteiger partial charge on any atom is -0.489 e. The van der Waals surface area contributed by atoms with Crippen LogP contribution in [0.15, 0.2) is 67.1 Å². The van der Waals surface area contributed by atoms with E-state index in [0.717, 1.165) is 65.9 Å². The molecule has 0 saturated heterocycles. The van der Waals surface area contributed by atoms with Gasteiger partial charge in [-0.25, -0.2) is 14.8 Å². The summed E-state index contributed by atoms with van der Waals surface area (Å²) in [5.41, 5.74) is 10.3. The molecule has 0 unspecified atom stereocenters. The van der Waals surface area contributed by atoms with Crippen LogP contribution in [0.1, 0.15) is 38.3 Å². The van der Waals surface area contributed by atoms with Crippen LogP contribution in [-0.2, 0) is 11.3 Å². The van der Waals surface area contributed by atoms with Crippen molar-refractivity contribution in [3.8, 4) is 16.9 Å². The number of amides is 1. The van der Waals surface area contributed by atoms with E-state index >= 15 is 0 Å². The third-order valence-corrected chi connectivity index (χ3v) is 7.71. The van der Waals surface area contributed by atoms with Gasteiger partial charge in [-0.05, 0) is 55.1 Å². The number of nitrogens with two attached hydrogens (primary N) is 1. The minimum absolute atomic E-state index is 0.272. The minimum atomic E-state index is -0.348. The fraction of sp³-hybridized carbons (Fsp3) is 0.387. The summed E-state index contributed by atoms with van der Waals surface area (Å²) >= 11 is 0. The highest BCUT2D eigenvalue weighted by Gasteiger charge is 2.33. The molecule has 3 N–H and O–H groups in total. The van der Waals surface area contributed by atoms with Gasteiger partial charge in [0.25, 0.3) is 0 Å². The predicted octanol–water partition coefficient (Wildman–Crippen LogP) is 5.28. The molecule has 0 spiro atoms. The maximum atomic E-state index is 12.1. The lowest BCUT2D eigenvalue weighted by Crippen LogP contribution is -2.38. The van der Waals surface area contributed by atoms with Crippen LogP contribution in [0.3, 0.4) is 0 Å². The SMILES string of the molecule is CCN(CC)CCOC(=O)NCC1CC(n2cc(-c3cccc(OCc4ccccc4)c3)c3c(N)ncnc32)C1. The van der Waals surface area contributed by atoms with Crippen molar-refractivity contribution in [2.45, 2.75) is 39.3 Å². The Bertz CT molecular complexity index is 1410. The van der Waals surface area contributed by atoms with Gasteiger partial charge < -0.3 is 30.0 Å². The van der Waals surface area contributed by atoms with Crippen molar-refractivity contribution in [3.63, 3.8) is 0 Å². The molecule has 2 heterocycles. The van der Waals surface area contributed by atoms with Gasteiger partial charge in [0.2, 0.25) is 0 Å². The maximum Gasteiger partial charge on any atom is 0.407 e. The molecule has 1 aliphatic carbocycles. The molecule has 2 aromatic heterocycles. The monoisotopic (exact) mass is 542 g/mol. The normalized spacial score (nSPS) is 16.6. The van der Waals surface area contributed by atoms with E-state index in [2.05, 4.69) is 50.9 Å². The predicted molar refractivity (Wildman–Crippen MR) is 157 cm³/mol. The van der Waals surface area contributed by atoms with Gasteiger partial charge in [0.1, 0.15) is 36.8 Å². The molecule has 0 atom stereocenters. The van der Waals surface area contributed by atoms with Gasteiger partial charge in [-0.3, -0.25) is 0 Å². The van der Waals surface area contributed by atoms with Crippen molar-refractivity contribution < 1.29 is 14.3 Å². The van der Waals surface area contributed by atoms with E-state index in [-0.39, 0.29) is 12.1 Å². The average molecular weight is 543 g/mol. The maximum absolute atomic E-state index is 12.1. The molecule has 210 valence electrons. The summed E-state index contributed by atoms with van der Waals surface area (Å²) in [5.74, 6) is 1.63. The van der Waals surface area contributed by atoms with Gasteiger partial charge in [0, 0.05) is 30.9 Å². The van der Waals surface area contributed by atoms with Gasteiger partial charge in [-0.2, -0.15) is 0 Å². The molecule has 1 aliphatic rings. The van der Waals surface area contributed by atoms with Crippen LogP contribution in [0.2, 0.25) is 0 Å². The van der Waals surface area contributed by atoms with Gasteiger partial charge in [-0.1, -0.05) is 56.3 Å². The Morgan fingerprint density at radius 2 is 1.90 bits per heavy atom. The number of hydrogen-bond acceptors (Lipinski definition) is 7. The van der Waals surface area contributed by atoms with Crippen LogP contribution in [-0.4, -0.2) is 58.3 Å². The summed E-state index contributed by atoms with van der Waals surface area (Å²) in [6.07, 6.45) is 5.17. The molecule has 1 amide bonds. The molecule has 0 radical (unpaired) electrons. The van der Waals surface area contributed by atoms with E-state index in [9.17, 15) is 4.79 Å². The van der Waals surface area contributed by atoms with Crippen LogP contribution >= 0.6 is 0 Å². The highest BCUT2D eigenvalue weighted by molar-refractivity contribution is 6.00. The number of anilines is 1. The smallest absolute Gasteiger partial charge is 0.407 e. The highest BCUT2D eigenvalue weighted by Crippen LogP contribution is 2.43. The topological polar surface area (TPSA) is 108 Å². The number of carbonyl (C=O) groups is 1. The number of nitrogens with zero attached hydrogens (tertiary/aromatic N) is 4. The van der Waals surface area contributed by atoms with E-state index in [0.29, 0.717) is 31.5 Å². The zero-order valence-electron chi connectivity index (χ0n) is 23.3. The summed E-state index contributed by atoms with van der Waals surface area (Å²) in [4.78, 5) is 23.2. The third-order valence-electron chi connectivity index (χ3n) is 7.71. The molecule has 1 saturated carbocycles. The van der Waals surface area contributed by atoms with Crippen LogP contribution in [0, 0.1) is 5.92 Å². The Kier molecular flexibility index (Phi) is 8.81. The molecule has 4 aromatic rings.